The SMILES string of the molecule is COc1cc(C(F)F)cc(-c2cc(C(=O)O)nn2C)c1OC. The molecule has 1 N–H and O–H groups in total. The van der Waals surface area contributed by atoms with Gasteiger partial charge in [-0.3, -0.25) is 4.68 Å². The van der Waals surface area contributed by atoms with Gasteiger partial charge < -0.3 is 14.6 Å². The van der Waals surface area contributed by atoms with Crippen LogP contribution in [0.3, 0.4) is 0 Å². The summed E-state index contributed by atoms with van der Waals surface area (Å²) >= 11 is 0. The third-order valence-corrected chi connectivity index (χ3v) is 3.13. The van der Waals surface area contributed by atoms with E-state index in [-0.39, 0.29) is 28.3 Å². The molecule has 8 heteroatoms. The fourth-order valence-electron chi connectivity index (χ4n) is 2.13. The van der Waals surface area contributed by atoms with Crippen molar-refractivity contribution >= 4 is 5.97 Å². The van der Waals surface area contributed by atoms with Gasteiger partial charge in [-0.2, -0.15) is 5.10 Å². The summed E-state index contributed by atoms with van der Waals surface area (Å²) in [5, 5.41) is 12.8. The van der Waals surface area contributed by atoms with Gasteiger partial charge in [-0.25, -0.2) is 13.6 Å². The minimum atomic E-state index is -2.70. The highest BCUT2D eigenvalue weighted by Crippen LogP contribution is 2.41. The number of methoxy groups -OCH3 is 2. The number of aryl methyl sites for hydroxylation is 1. The van der Waals surface area contributed by atoms with Gasteiger partial charge in [-0.15, -0.1) is 0 Å². The molecule has 22 heavy (non-hydrogen) atoms. The number of nitrogens with zero attached hydrogens (tertiary/aromatic N) is 2. The number of rotatable bonds is 5. The van der Waals surface area contributed by atoms with Crippen LogP contribution in [0.15, 0.2) is 18.2 Å². The van der Waals surface area contributed by atoms with E-state index in [4.69, 9.17) is 14.6 Å². The van der Waals surface area contributed by atoms with E-state index in [9.17, 15) is 13.6 Å². The smallest absolute Gasteiger partial charge is 0.356 e. The van der Waals surface area contributed by atoms with E-state index in [2.05, 4.69) is 5.10 Å². The summed E-state index contributed by atoms with van der Waals surface area (Å²) in [6, 6.07) is 3.70. The molecule has 0 fully saturated rings. The van der Waals surface area contributed by atoms with Crippen LogP contribution in [0.4, 0.5) is 8.78 Å². The number of benzene rings is 1. The summed E-state index contributed by atoms with van der Waals surface area (Å²) in [5.41, 5.74) is 0.154. The molecule has 6 nitrogen and oxygen atoms in total. The van der Waals surface area contributed by atoms with Crippen LogP contribution in [0.5, 0.6) is 11.5 Å². The molecule has 0 saturated heterocycles. The maximum absolute atomic E-state index is 13.0. The van der Waals surface area contributed by atoms with Crippen molar-refractivity contribution in [1.82, 2.24) is 9.78 Å². The lowest BCUT2D eigenvalue weighted by atomic mass is 10.1. The summed E-state index contributed by atoms with van der Waals surface area (Å²) in [5.74, 6) is -0.849. The van der Waals surface area contributed by atoms with Crippen LogP contribution in [-0.4, -0.2) is 35.1 Å². The molecular formula is C14H14F2N2O4. The van der Waals surface area contributed by atoms with Gasteiger partial charge >= 0.3 is 5.97 Å². The zero-order valence-electron chi connectivity index (χ0n) is 12.1. The topological polar surface area (TPSA) is 73.6 Å². The van der Waals surface area contributed by atoms with Crippen molar-refractivity contribution in [2.75, 3.05) is 14.2 Å². The van der Waals surface area contributed by atoms with Gasteiger partial charge in [0.1, 0.15) is 0 Å². The second kappa shape index (κ2) is 6.00. The lowest BCUT2D eigenvalue weighted by molar-refractivity contribution is 0.0689. The zero-order chi connectivity index (χ0) is 16.4. The van der Waals surface area contributed by atoms with Crippen molar-refractivity contribution in [3.8, 4) is 22.8 Å². The Morgan fingerprint density at radius 3 is 2.41 bits per heavy atom. The van der Waals surface area contributed by atoms with E-state index in [0.717, 1.165) is 0 Å². The van der Waals surface area contributed by atoms with E-state index < -0.39 is 12.4 Å². The molecule has 0 radical (unpaired) electrons. The van der Waals surface area contributed by atoms with Crippen LogP contribution in [0, 0.1) is 0 Å². The van der Waals surface area contributed by atoms with Gasteiger partial charge in [-0.05, 0) is 18.2 Å². The second-order valence-electron chi connectivity index (χ2n) is 4.45. The zero-order valence-corrected chi connectivity index (χ0v) is 12.1. The quantitative estimate of drug-likeness (QED) is 0.919. The highest BCUT2D eigenvalue weighted by atomic mass is 19.3. The molecule has 0 aliphatic heterocycles. The van der Waals surface area contributed by atoms with Gasteiger partial charge in [0.25, 0.3) is 6.43 Å². The minimum absolute atomic E-state index is 0.133. The van der Waals surface area contributed by atoms with Crippen LogP contribution in [-0.2, 0) is 7.05 Å². The van der Waals surface area contributed by atoms with Crippen LogP contribution in [0.2, 0.25) is 0 Å². The van der Waals surface area contributed by atoms with Crippen LogP contribution in [0.25, 0.3) is 11.3 Å². The first-order valence-electron chi connectivity index (χ1n) is 6.20. The van der Waals surface area contributed by atoms with Crippen molar-refractivity contribution in [3.63, 3.8) is 0 Å². The van der Waals surface area contributed by atoms with Crippen LogP contribution in [0.1, 0.15) is 22.5 Å². The molecule has 0 bridgehead atoms. The number of alkyl halides is 2. The largest absolute Gasteiger partial charge is 0.493 e. The number of carbonyl (C=O) groups is 1. The third-order valence-electron chi connectivity index (χ3n) is 3.13. The molecule has 0 spiro atoms. The lowest BCUT2D eigenvalue weighted by Crippen LogP contribution is -2.01. The highest BCUT2D eigenvalue weighted by molar-refractivity contribution is 5.87. The molecule has 0 unspecified atom stereocenters. The fourth-order valence-corrected chi connectivity index (χ4v) is 2.13. The first kappa shape index (κ1) is 15.7. The van der Waals surface area contributed by atoms with E-state index in [1.165, 1.54) is 44.1 Å². The molecule has 1 aromatic carbocycles. The molecule has 0 saturated carbocycles. The molecular weight excluding hydrogens is 298 g/mol. The Bertz CT molecular complexity index is 713. The van der Waals surface area contributed by atoms with Gasteiger partial charge in [0.05, 0.1) is 19.9 Å². The van der Waals surface area contributed by atoms with Gasteiger partial charge in [0.15, 0.2) is 17.2 Å². The van der Waals surface area contributed by atoms with Gasteiger partial charge in [0.2, 0.25) is 0 Å². The fraction of sp³-hybridized carbons (Fsp3) is 0.286. The Labute approximate surface area is 124 Å². The average molecular weight is 312 g/mol. The first-order chi connectivity index (χ1) is 10.4. The summed E-state index contributed by atoms with van der Waals surface area (Å²) in [4.78, 5) is 11.0. The number of hydrogen-bond acceptors (Lipinski definition) is 4. The summed E-state index contributed by atoms with van der Waals surface area (Å²) < 4.78 is 37.7. The van der Waals surface area contributed by atoms with Crippen LogP contribution >= 0.6 is 0 Å². The maximum atomic E-state index is 13.0. The predicted molar refractivity (Wildman–Crippen MR) is 73.7 cm³/mol. The Kier molecular flexibility index (Phi) is 4.30. The Morgan fingerprint density at radius 2 is 1.95 bits per heavy atom. The van der Waals surface area contributed by atoms with Crippen molar-refractivity contribution in [2.24, 2.45) is 7.05 Å². The number of halogens is 2. The van der Waals surface area contributed by atoms with E-state index in [0.29, 0.717) is 5.69 Å². The third kappa shape index (κ3) is 2.72. The number of aromatic carboxylic acids is 1. The molecule has 0 atom stereocenters. The van der Waals surface area contributed by atoms with Crippen molar-refractivity contribution in [2.45, 2.75) is 6.43 Å². The molecule has 2 aromatic rings. The minimum Gasteiger partial charge on any atom is -0.493 e. The van der Waals surface area contributed by atoms with Crippen molar-refractivity contribution in [1.29, 1.82) is 0 Å². The van der Waals surface area contributed by atoms with E-state index in [1.54, 1.807) is 0 Å². The lowest BCUT2D eigenvalue weighted by Gasteiger charge is -2.15. The summed E-state index contributed by atoms with van der Waals surface area (Å²) in [7, 11) is 4.23. The molecule has 2 rings (SSSR count). The number of carboxylic acid groups (broad SMARTS) is 1. The monoisotopic (exact) mass is 312 g/mol. The molecule has 0 amide bonds. The normalized spacial score (nSPS) is 10.8. The predicted octanol–water partition coefficient (Wildman–Crippen LogP) is 2.74. The maximum Gasteiger partial charge on any atom is 0.356 e. The number of ether oxygens (including phenoxy) is 2. The van der Waals surface area contributed by atoms with E-state index in [1.807, 2.05) is 0 Å². The molecule has 0 aliphatic carbocycles. The van der Waals surface area contributed by atoms with Crippen LogP contribution < -0.4 is 9.47 Å². The van der Waals surface area contributed by atoms with Gasteiger partial charge in [0, 0.05) is 18.2 Å². The Morgan fingerprint density at radius 1 is 1.27 bits per heavy atom. The number of carboxylic acids is 1. The highest BCUT2D eigenvalue weighted by Gasteiger charge is 2.22. The summed E-state index contributed by atoms with van der Waals surface area (Å²) in [6.45, 7) is 0. The molecule has 1 aromatic heterocycles. The molecule has 1 heterocycles. The average Bonchev–Trinajstić information content (AvgIpc) is 2.87. The number of hydrogen-bond donors (Lipinski definition) is 1. The van der Waals surface area contributed by atoms with Crippen molar-refractivity contribution in [3.05, 3.63) is 29.5 Å². The van der Waals surface area contributed by atoms with E-state index >= 15 is 0 Å². The summed E-state index contributed by atoms with van der Waals surface area (Å²) in [6.07, 6.45) is -2.70. The van der Waals surface area contributed by atoms with Gasteiger partial charge in [-0.1, -0.05) is 0 Å². The Hall–Kier alpha value is -2.64. The Balaban J connectivity index is 2.72. The number of aromatic nitrogens is 2. The molecule has 118 valence electrons. The van der Waals surface area contributed by atoms with Crippen molar-refractivity contribution < 1.29 is 28.2 Å². The molecule has 0 aliphatic rings. The second-order valence-corrected chi connectivity index (χ2v) is 4.45. The first-order valence-corrected chi connectivity index (χ1v) is 6.20. The standard InChI is InChI=1S/C14H14F2N2O4/c1-18-10(6-9(17-18)14(19)20)8-4-7(13(15)16)5-11(21-2)12(8)22-3/h4-6,13H,1-3H3,(H,19,20).